The van der Waals surface area contributed by atoms with E-state index in [2.05, 4.69) is 11.9 Å². The lowest BCUT2D eigenvalue weighted by Crippen LogP contribution is -2.30. The van der Waals surface area contributed by atoms with Crippen LogP contribution in [0.3, 0.4) is 0 Å². The second-order valence-corrected chi connectivity index (χ2v) is 6.22. The highest BCUT2D eigenvalue weighted by atomic mass is 32.1. The molecule has 120 valence electrons. The number of hydrogen-bond donors (Lipinski definition) is 1. The summed E-state index contributed by atoms with van der Waals surface area (Å²) in [4.78, 5) is 16.5. The van der Waals surface area contributed by atoms with Crippen molar-refractivity contribution in [3.05, 3.63) is 58.0 Å². The molecule has 1 aromatic carbocycles. The number of benzene rings is 1. The Labute approximate surface area is 137 Å². The summed E-state index contributed by atoms with van der Waals surface area (Å²) >= 11 is 1.36. The fourth-order valence-electron chi connectivity index (χ4n) is 2.30. The fraction of sp³-hybridized carbons (Fsp3) is 0.294. The molecule has 2 aromatic heterocycles. The third kappa shape index (κ3) is 3.60. The lowest BCUT2D eigenvalue weighted by molar-refractivity contribution is 0.0915. The van der Waals surface area contributed by atoms with Gasteiger partial charge in [-0.1, -0.05) is 19.1 Å². The normalized spacial score (nSPS) is 12.4. The maximum atomic E-state index is 12.3. The second kappa shape index (κ2) is 6.93. The van der Waals surface area contributed by atoms with E-state index in [-0.39, 0.29) is 18.7 Å². The zero-order chi connectivity index (χ0) is 16.2. The fourth-order valence-corrected chi connectivity index (χ4v) is 3.10. The maximum Gasteiger partial charge on any atom is 0.271 e. The Hall–Kier alpha value is -2.18. The number of aliphatic hydroxyl groups excluding tert-OH is 1. The van der Waals surface area contributed by atoms with Gasteiger partial charge in [-0.05, 0) is 35.6 Å². The van der Waals surface area contributed by atoms with Crippen molar-refractivity contribution >= 4 is 21.6 Å². The third-order valence-electron chi connectivity index (χ3n) is 3.62. The molecule has 1 atom stereocenters. The van der Waals surface area contributed by atoms with Gasteiger partial charge < -0.3 is 9.84 Å². The molecule has 3 aromatic rings. The van der Waals surface area contributed by atoms with Crippen molar-refractivity contribution in [1.82, 2.24) is 9.55 Å². The van der Waals surface area contributed by atoms with Crippen LogP contribution in [0.1, 0.15) is 12.5 Å². The van der Waals surface area contributed by atoms with Crippen LogP contribution >= 0.6 is 11.3 Å². The van der Waals surface area contributed by atoms with Crippen LogP contribution in [0.25, 0.3) is 10.2 Å². The van der Waals surface area contributed by atoms with E-state index >= 15 is 0 Å². The zero-order valence-electron chi connectivity index (χ0n) is 12.8. The lowest BCUT2D eigenvalue weighted by atomic mass is 10.2. The minimum atomic E-state index is -0.780. The first-order valence-electron chi connectivity index (χ1n) is 7.50. The number of hydrogen-bond acceptors (Lipinski definition) is 5. The first-order valence-corrected chi connectivity index (χ1v) is 8.37. The SMILES string of the molecule is CCc1ccc(OCC(O)Cn2cnc3ccsc3c2=O)cc1. The Morgan fingerprint density at radius 3 is 2.83 bits per heavy atom. The molecule has 5 nitrogen and oxygen atoms in total. The number of ether oxygens (including phenoxy) is 1. The molecule has 0 aliphatic rings. The van der Waals surface area contributed by atoms with Crippen molar-refractivity contribution in [1.29, 1.82) is 0 Å². The molecule has 1 unspecified atom stereocenters. The van der Waals surface area contributed by atoms with E-state index in [1.807, 2.05) is 35.7 Å². The summed E-state index contributed by atoms with van der Waals surface area (Å²) < 4.78 is 7.60. The summed E-state index contributed by atoms with van der Waals surface area (Å²) in [6.45, 7) is 2.38. The van der Waals surface area contributed by atoms with Gasteiger partial charge in [0.2, 0.25) is 0 Å². The van der Waals surface area contributed by atoms with Gasteiger partial charge in [-0.15, -0.1) is 11.3 Å². The highest BCUT2D eigenvalue weighted by Crippen LogP contribution is 2.14. The van der Waals surface area contributed by atoms with Gasteiger partial charge >= 0.3 is 0 Å². The number of fused-ring (bicyclic) bond motifs is 1. The van der Waals surface area contributed by atoms with Gasteiger partial charge in [-0.2, -0.15) is 0 Å². The second-order valence-electron chi connectivity index (χ2n) is 5.30. The van der Waals surface area contributed by atoms with E-state index < -0.39 is 6.10 Å². The van der Waals surface area contributed by atoms with Gasteiger partial charge in [0, 0.05) is 0 Å². The van der Waals surface area contributed by atoms with E-state index in [9.17, 15) is 9.90 Å². The smallest absolute Gasteiger partial charge is 0.271 e. The number of aromatic nitrogens is 2. The zero-order valence-corrected chi connectivity index (χ0v) is 13.6. The van der Waals surface area contributed by atoms with Gasteiger partial charge in [-0.3, -0.25) is 9.36 Å². The predicted octanol–water partition coefficient (Wildman–Crippen LogP) is 2.46. The molecule has 6 heteroatoms. The van der Waals surface area contributed by atoms with E-state index in [1.165, 1.54) is 27.8 Å². The van der Waals surface area contributed by atoms with Gasteiger partial charge in [0.25, 0.3) is 5.56 Å². The number of nitrogens with zero attached hydrogens (tertiary/aromatic N) is 2. The highest BCUT2D eigenvalue weighted by Gasteiger charge is 2.11. The molecular weight excluding hydrogens is 312 g/mol. The van der Waals surface area contributed by atoms with Crippen molar-refractivity contribution in [3.8, 4) is 5.75 Å². The Bertz CT molecular complexity index is 839. The molecular formula is C17H18N2O3S. The summed E-state index contributed by atoms with van der Waals surface area (Å²) in [5.74, 6) is 0.709. The summed E-state index contributed by atoms with van der Waals surface area (Å²) in [7, 11) is 0. The first kappa shape index (κ1) is 15.7. The van der Waals surface area contributed by atoms with Crippen LogP contribution in [-0.2, 0) is 13.0 Å². The van der Waals surface area contributed by atoms with Crippen LogP contribution in [0.4, 0.5) is 0 Å². The molecule has 0 aliphatic carbocycles. The van der Waals surface area contributed by atoms with E-state index in [1.54, 1.807) is 0 Å². The van der Waals surface area contributed by atoms with E-state index in [0.717, 1.165) is 6.42 Å². The molecule has 0 saturated heterocycles. The van der Waals surface area contributed by atoms with Gasteiger partial charge in [0.05, 0.1) is 18.4 Å². The summed E-state index contributed by atoms with van der Waals surface area (Å²) in [6.07, 6.45) is 1.67. The quantitative estimate of drug-likeness (QED) is 0.754. The molecule has 0 aliphatic heterocycles. The average Bonchev–Trinajstić information content (AvgIpc) is 3.05. The van der Waals surface area contributed by atoms with Crippen LogP contribution in [-0.4, -0.2) is 27.4 Å². The standard InChI is InChI=1S/C17H18N2O3S/c1-2-12-3-5-14(6-4-12)22-10-13(20)9-19-11-18-15-7-8-23-16(15)17(19)21/h3-8,11,13,20H,2,9-10H2,1H3. The molecule has 0 saturated carbocycles. The number of thiophene rings is 1. The highest BCUT2D eigenvalue weighted by molar-refractivity contribution is 7.17. The first-order chi connectivity index (χ1) is 11.2. The van der Waals surface area contributed by atoms with Crippen molar-refractivity contribution in [2.45, 2.75) is 26.0 Å². The monoisotopic (exact) mass is 330 g/mol. The summed E-state index contributed by atoms with van der Waals surface area (Å²) in [5, 5.41) is 11.9. The number of rotatable bonds is 6. The molecule has 23 heavy (non-hydrogen) atoms. The van der Waals surface area contributed by atoms with E-state index in [4.69, 9.17) is 4.74 Å². The van der Waals surface area contributed by atoms with Gasteiger partial charge in [0.1, 0.15) is 23.2 Å². The van der Waals surface area contributed by atoms with Crippen LogP contribution in [0.5, 0.6) is 5.75 Å². The van der Waals surface area contributed by atoms with Crippen molar-refractivity contribution < 1.29 is 9.84 Å². The summed E-state index contributed by atoms with van der Waals surface area (Å²) in [5.41, 5.74) is 1.80. The van der Waals surface area contributed by atoms with Crippen LogP contribution in [0.15, 0.2) is 46.8 Å². The Kier molecular flexibility index (Phi) is 4.73. The summed E-state index contributed by atoms with van der Waals surface area (Å²) in [6, 6.07) is 9.58. The molecule has 0 bridgehead atoms. The maximum absolute atomic E-state index is 12.3. The average molecular weight is 330 g/mol. The molecule has 1 N–H and O–H groups in total. The van der Waals surface area contributed by atoms with Crippen LogP contribution in [0.2, 0.25) is 0 Å². The Morgan fingerprint density at radius 1 is 1.30 bits per heavy atom. The molecule has 0 radical (unpaired) electrons. The number of aliphatic hydroxyl groups is 1. The Balaban J connectivity index is 1.62. The lowest BCUT2D eigenvalue weighted by Gasteiger charge is -2.14. The Morgan fingerprint density at radius 2 is 2.09 bits per heavy atom. The van der Waals surface area contributed by atoms with E-state index in [0.29, 0.717) is 16.0 Å². The third-order valence-corrected chi connectivity index (χ3v) is 4.51. The minimum Gasteiger partial charge on any atom is -0.491 e. The minimum absolute atomic E-state index is 0.125. The van der Waals surface area contributed by atoms with Crippen molar-refractivity contribution in [2.75, 3.05) is 6.61 Å². The van der Waals surface area contributed by atoms with Crippen LogP contribution in [0, 0.1) is 0 Å². The molecule has 0 fully saturated rings. The topological polar surface area (TPSA) is 64.3 Å². The van der Waals surface area contributed by atoms with Gasteiger partial charge in [-0.25, -0.2) is 4.98 Å². The van der Waals surface area contributed by atoms with Crippen LogP contribution < -0.4 is 10.3 Å². The molecule has 2 heterocycles. The molecule has 0 spiro atoms. The molecule has 3 rings (SSSR count). The largest absolute Gasteiger partial charge is 0.491 e. The predicted molar refractivity (Wildman–Crippen MR) is 91.2 cm³/mol. The van der Waals surface area contributed by atoms with Crippen molar-refractivity contribution in [2.24, 2.45) is 0 Å². The van der Waals surface area contributed by atoms with Crippen molar-refractivity contribution in [3.63, 3.8) is 0 Å². The van der Waals surface area contributed by atoms with Gasteiger partial charge in [0.15, 0.2) is 0 Å². The number of aryl methyl sites for hydroxylation is 1. The molecule has 0 amide bonds.